The molecule has 0 aliphatic carbocycles. The van der Waals surface area contributed by atoms with Crippen LogP contribution in [0.15, 0.2) is 36.7 Å². The second-order valence-electron chi connectivity index (χ2n) is 4.84. The summed E-state index contributed by atoms with van der Waals surface area (Å²) in [5.41, 5.74) is 1.02. The number of halogens is 3. The number of amides is 2. The van der Waals surface area contributed by atoms with E-state index in [9.17, 15) is 13.6 Å². The van der Waals surface area contributed by atoms with Gasteiger partial charge in [0.05, 0.1) is 0 Å². The Labute approximate surface area is 137 Å². The number of carbonyl (C=O) groups is 1. The van der Waals surface area contributed by atoms with Gasteiger partial charge in [-0.25, -0.2) is 9.78 Å². The number of hydrogen-bond acceptors (Lipinski definition) is 2. The lowest BCUT2D eigenvalue weighted by Crippen LogP contribution is -2.37. The van der Waals surface area contributed by atoms with Crippen LogP contribution in [-0.2, 0) is 12.8 Å². The van der Waals surface area contributed by atoms with Crippen molar-refractivity contribution in [2.24, 2.45) is 0 Å². The predicted octanol–water partition coefficient (Wildman–Crippen LogP) is 3.02. The molecule has 0 aliphatic rings. The van der Waals surface area contributed by atoms with E-state index in [4.69, 9.17) is 11.6 Å². The molecule has 0 saturated carbocycles. The van der Waals surface area contributed by atoms with Gasteiger partial charge in [-0.2, -0.15) is 8.78 Å². The summed E-state index contributed by atoms with van der Waals surface area (Å²) in [6.45, 7) is -1.94. The fraction of sp³-hybridized carbons (Fsp3) is 0.333. The molecule has 8 heteroatoms. The topological polar surface area (TPSA) is 59.0 Å². The second-order valence-corrected chi connectivity index (χ2v) is 5.28. The molecule has 2 rings (SSSR count). The van der Waals surface area contributed by atoms with Crippen LogP contribution >= 0.6 is 11.6 Å². The van der Waals surface area contributed by atoms with Crippen LogP contribution in [0.4, 0.5) is 13.6 Å². The van der Waals surface area contributed by atoms with Gasteiger partial charge in [-0.1, -0.05) is 23.7 Å². The fourth-order valence-corrected chi connectivity index (χ4v) is 2.29. The van der Waals surface area contributed by atoms with Gasteiger partial charge in [0.2, 0.25) is 0 Å². The van der Waals surface area contributed by atoms with Gasteiger partial charge in [0, 0.05) is 36.9 Å². The third kappa shape index (κ3) is 5.52. The first-order valence-corrected chi connectivity index (χ1v) is 7.50. The van der Waals surface area contributed by atoms with Crippen LogP contribution in [0.3, 0.4) is 0 Å². The number of aromatic nitrogens is 2. The summed E-state index contributed by atoms with van der Waals surface area (Å²) in [6.07, 6.45) is 3.42. The molecular formula is C15H17ClF2N4O. The van der Waals surface area contributed by atoms with Crippen molar-refractivity contribution >= 4 is 17.6 Å². The first kappa shape index (κ1) is 17.2. The lowest BCUT2D eigenvalue weighted by Gasteiger charge is -2.09. The molecule has 5 nitrogen and oxygen atoms in total. The van der Waals surface area contributed by atoms with E-state index in [0.29, 0.717) is 18.0 Å². The number of carbonyl (C=O) groups excluding carboxylic acids is 1. The summed E-state index contributed by atoms with van der Waals surface area (Å²) in [7, 11) is 0. The first-order valence-electron chi connectivity index (χ1n) is 7.12. The summed E-state index contributed by atoms with van der Waals surface area (Å²) in [5.74, 6) is 0.235. The minimum absolute atomic E-state index is 0.229. The number of alkyl halides is 2. The first-order chi connectivity index (χ1) is 11.1. The minimum atomic E-state index is -2.63. The molecule has 23 heavy (non-hydrogen) atoms. The van der Waals surface area contributed by atoms with Gasteiger partial charge in [-0.15, -0.1) is 0 Å². The predicted molar refractivity (Wildman–Crippen MR) is 83.7 cm³/mol. The lowest BCUT2D eigenvalue weighted by molar-refractivity contribution is 0.0670. The highest BCUT2D eigenvalue weighted by Crippen LogP contribution is 2.12. The summed E-state index contributed by atoms with van der Waals surface area (Å²) < 4.78 is 26.0. The Morgan fingerprint density at radius 1 is 1.26 bits per heavy atom. The van der Waals surface area contributed by atoms with Crippen LogP contribution in [-0.4, -0.2) is 28.7 Å². The number of nitrogens with one attached hydrogen (secondary N) is 2. The lowest BCUT2D eigenvalue weighted by atomic mass is 10.1. The Hall–Kier alpha value is -2.15. The molecule has 1 aromatic heterocycles. The molecule has 124 valence electrons. The van der Waals surface area contributed by atoms with Gasteiger partial charge in [0.15, 0.2) is 0 Å². The Bertz CT molecular complexity index is 648. The molecule has 0 saturated heterocycles. The highest BCUT2D eigenvalue weighted by molar-refractivity contribution is 6.30. The van der Waals surface area contributed by atoms with Crippen molar-refractivity contribution in [2.45, 2.75) is 19.4 Å². The fourth-order valence-electron chi connectivity index (χ4n) is 2.08. The highest BCUT2D eigenvalue weighted by Gasteiger charge is 2.11. The molecule has 0 aliphatic heterocycles. The normalized spacial score (nSPS) is 10.8. The van der Waals surface area contributed by atoms with E-state index in [2.05, 4.69) is 15.6 Å². The molecule has 0 radical (unpaired) electrons. The number of hydrogen-bond donors (Lipinski definition) is 2. The van der Waals surface area contributed by atoms with Gasteiger partial charge >= 0.3 is 12.6 Å². The molecule has 0 spiro atoms. The standard InChI is InChI=1S/C15H17ClF2N4O/c16-12-3-1-2-11(10-12)4-6-20-15(23)21-7-5-13-19-8-9-22(13)14(17)18/h1-3,8-10,14H,4-7H2,(H2,20,21,23). The molecule has 2 aromatic rings. The summed E-state index contributed by atoms with van der Waals surface area (Å²) in [5, 5.41) is 5.96. The van der Waals surface area contributed by atoms with E-state index in [1.54, 1.807) is 6.07 Å². The molecule has 1 heterocycles. The molecule has 2 amide bonds. The summed E-state index contributed by atoms with van der Waals surface area (Å²) in [6, 6.07) is 7.06. The van der Waals surface area contributed by atoms with Crippen molar-refractivity contribution in [3.05, 3.63) is 53.1 Å². The molecule has 1 aromatic carbocycles. The largest absolute Gasteiger partial charge is 0.338 e. The highest BCUT2D eigenvalue weighted by atomic mass is 35.5. The third-order valence-corrected chi connectivity index (χ3v) is 3.42. The van der Waals surface area contributed by atoms with Crippen molar-refractivity contribution in [3.63, 3.8) is 0 Å². The Kier molecular flexibility index (Phi) is 6.34. The Morgan fingerprint density at radius 2 is 2.00 bits per heavy atom. The van der Waals surface area contributed by atoms with Gasteiger partial charge in [-0.3, -0.25) is 4.57 Å². The number of benzene rings is 1. The van der Waals surface area contributed by atoms with Crippen molar-refractivity contribution in [2.75, 3.05) is 13.1 Å². The molecular weight excluding hydrogens is 326 g/mol. The summed E-state index contributed by atoms with van der Waals surface area (Å²) >= 11 is 5.88. The van der Waals surface area contributed by atoms with E-state index >= 15 is 0 Å². The van der Waals surface area contributed by atoms with E-state index in [1.165, 1.54) is 12.4 Å². The van der Waals surface area contributed by atoms with Crippen molar-refractivity contribution < 1.29 is 13.6 Å². The van der Waals surface area contributed by atoms with E-state index in [-0.39, 0.29) is 24.8 Å². The van der Waals surface area contributed by atoms with Crippen molar-refractivity contribution in [1.82, 2.24) is 20.2 Å². The Balaban J connectivity index is 1.66. The van der Waals surface area contributed by atoms with Crippen LogP contribution in [0.2, 0.25) is 5.02 Å². The number of urea groups is 1. The zero-order chi connectivity index (χ0) is 16.7. The van der Waals surface area contributed by atoms with Crippen LogP contribution in [0, 0.1) is 0 Å². The molecule has 0 fully saturated rings. The SMILES string of the molecule is O=C(NCCc1cccc(Cl)c1)NCCc1nccn1C(F)F. The third-order valence-electron chi connectivity index (χ3n) is 3.18. The van der Waals surface area contributed by atoms with Crippen LogP contribution in [0.5, 0.6) is 0 Å². The molecule has 0 bridgehead atoms. The van der Waals surface area contributed by atoms with Crippen molar-refractivity contribution in [1.29, 1.82) is 0 Å². The number of rotatable bonds is 7. The van der Waals surface area contributed by atoms with Gasteiger partial charge < -0.3 is 10.6 Å². The maximum atomic E-state index is 12.6. The van der Waals surface area contributed by atoms with Gasteiger partial charge in [0.1, 0.15) is 5.82 Å². The van der Waals surface area contributed by atoms with Crippen LogP contribution in [0.1, 0.15) is 17.9 Å². The zero-order valence-electron chi connectivity index (χ0n) is 12.3. The average Bonchev–Trinajstić information content (AvgIpc) is 2.96. The zero-order valence-corrected chi connectivity index (χ0v) is 13.1. The molecule has 0 unspecified atom stereocenters. The maximum absolute atomic E-state index is 12.6. The maximum Gasteiger partial charge on any atom is 0.319 e. The second kappa shape index (κ2) is 8.47. The molecule has 0 atom stereocenters. The Morgan fingerprint density at radius 3 is 2.70 bits per heavy atom. The monoisotopic (exact) mass is 342 g/mol. The van der Waals surface area contributed by atoms with Crippen LogP contribution in [0.25, 0.3) is 0 Å². The van der Waals surface area contributed by atoms with Crippen LogP contribution < -0.4 is 10.6 Å². The summed E-state index contributed by atoms with van der Waals surface area (Å²) in [4.78, 5) is 15.5. The molecule has 2 N–H and O–H groups in total. The van der Waals surface area contributed by atoms with Gasteiger partial charge in [0.25, 0.3) is 0 Å². The van der Waals surface area contributed by atoms with E-state index in [1.807, 2.05) is 18.2 Å². The number of nitrogens with zero attached hydrogens (tertiary/aromatic N) is 2. The minimum Gasteiger partial charge on any atom is -0.338 e. The van der Waals surface area contributed by atoms with E-state index < -0.39 is 6.55 Å². The average molecular weight is 343 g/mol. The number of imidazole rings is 1. The van der Waals surface area contributed by atoms with E-state index in [0.717, 1.165) is 10.1 Å². The smallest absolute Gasteiger partial charge is 0.319 e. The van der Waals surface area contributed by atoms with Gasteiger partial charge in [-0.05, 0) is 24.1 Å². The van der Waals surface area contributed by atoms with Crippen molar-refractivity contribution in [3.8, 4) is 0 Å². The quantitative estimate of drug-likeness (QED) is 0.812.